The van der Waals surface area contributed by atoms with Gasteiger partial charge in [0.1, 0.15) is 18.2 Å². The summed E-state index contributed by atoms with van der Waals surface area (Å²) in [5.41, 5.74) is 6.67. The van der Waals surface area contributed by atoms with E-state index in [0.29, 0.717) is 56.8 Å². The predicted octanol–water partition coefficient (Wildman–Crippen LogP) is 2.90. The average molecular weight is 566 g/mol. The number of carbonyl (C=O) groups excluding carboxylic acids is 1. The Morgan fingerprint density at radius 3 is 2.71 bits per heavy atom. The number of amides is 1. The number of aromatic amines is 1. The van der Waals surface area contributed by atoms with Gasteiger partial charge in [0.15, 0.2) is 0 Å². The van der Waals surface area contributed by atoms with Crippen LogP contribution in [0.5, 0.6) is 5.88 Å². The maximum absolute atomic E-state index is 12.5. The second-order valence-electron chi connectivity index (χ2n) is 11.3. The average Bonchev–Trinajstić information content (AvgIpc) is 3.66. The number of carbonyl (C=O) groups is 1. The molecule has 2 saturated heterocycles. The fraction of sp³-hybridized carbons (Fsp3) is 0.452. The number of ether oxygens (including phenoxy) is 1. The molecule has 3 aliphatic heterocycles. The van der Waals surface area contributed by atoms with Crippen molar-refractivity contribution in [3.63, 3.8) is 0 Å². The highest BCUT2D eigenvalue weighted by Crippen LogP contribution is 2.39. The largest absolute Gasteiger partial charge is 0.475 e. The van der Waals surface area contributed by atoms with Gasteiger partial charge >= 0.3 is 0 Å². The number of allylic oxidation sites excluding steroid dienone is 1. The maximum Gasteiger partial charge on any atom is 0.247 e. The number of anilines is 2. The monoisotopic (exact) mass is 565 g/mol. The lowest BCUT2D eigenvalue weighted by Gasteiger charge is -2.39. The number of nitriles is 2. The number of nitrogens with zero attached hydrogens (tertiary/aromatic N) is 8. The van der Waals surface area contributed by atoms with Crippen LogP contribution in [-0.2, 0) is 17.8 Å². The van der Waals surface area contributed by atoms with Crippen molar-refractivity contribution in [3.8, 4) is 18.0 Å². The van der Waals surface area contributed by atoms with Crippen LogP contribution in [0.3, 0.4) is 0 Å². The number of piperazine rings is 1. The molecule has 5 heterocycles. The summed E-state index contributed by atoms with van der Waals surface area (Å²) in [7, 11) is 2.11. The molecule has 3 aliphatic rings. The number of benzene rings is 1. The molecule has 0 saturated carbocycles. The SMILES string of the molecule is Cc1ccc2[nH]ncc2c1N1CCc2c(nc(OC[C@@H]3CCCN3C)c(C#N)c2N2CCN(C(=O)/C=C/C#N)CC2)C1. The van der Waals surface area contributed by atoms with E-state index in [2.05, 4.69) is 57.1 Å². The molecular weight excluding hydrogens is 530 g/mol. The second-order valence-corrected chi connectivity index (χ2v) is 11.3. The zero-order valence-electron chi connectivity index (χ0n) is 24.1. The number of rotatable bonds is 6. The fourth-order valence-electron chi connectivity index (χ4n) is 6.54. The first-order valence-corrected chi connectivity index (χ1v) is 14.5. The van der Waals surface area contributed by atoms with Crippen LogP contribution >= 0.6 is 0 Å². The van der Waals surface area contributed by atoms with Crippen LogP contribution in [0.25, 0.3) is 10.9 Å². The van der Waals surface area contributed by atoms with Gasteiger partial charge in [-0.2, -0.15) is 15.6 Å². The number of likely N-dealkylation sites (tertiary alicyclic amines) is 1. The smallest absolute Gasteiger partial charge is 0.247 e. The van der Waals surface area contributed by atoms with Crippen molar-refractivity contribution in [1.82, 2.24) is 25.0 Å². The first kappa shape index (κ1) is 27.6. The molecule has 2 fully saturated rings. The number of pyridine rings is 1. The summed E-state index contributed by atoms with van der Waals surface area (Å²) in [6.45, 7) is 7.20. The van der Waals surface area contributed by atoms with Crippen LogP contribution in [0.4, 0.5) is 11.4 Å². The third kappa shape index (κ3) is 5.12. The van der Waals surface area contributed by atoms with Crippen LogP contribution < -0.4 is 14.5 Å². The number of aromatic nitrogens is 3. The Balaban J connectivity index is 1.35. The topological polar surface area (TPSA) is 128 Å². The first-order valence-electron chi connectivity index (χ1n) is 14.5. The van der Waals surface area contributed by atoms with Gasteiger partial charge in [0.05, 0.1) is 41.4 Å². The number of hydrogen-bond donors (Lipinski definition) is 1. The van der Waals surface area contributed by atoms with E-state index in [-0.39, 0.29) is 5.91 Å². The third-order valence-electron chi connectivity index (χ3n) is 8.81. The Morgan fingerprint density at radius 2 is 1.98 bits per heavy atom. The van der Waals surface area contributed by atoms with Gasteiger partial charge in [-0.1, -0.05) is 6.07 Å². The molecule has 2 aromatic heterocycles. The lowest BCUT2D eigenvalue weighted by molar-refractivity contribution is -0.126. The van der Waals surface area contributed by atoms with Crippen LogP contribution in [-0.4, -0.2) is 89.9 Å². The molecule has 1 N–H and O–H groups in total. The van der Waals surface area contributed by atoms with Crippen molar-refractivity contribution in [3.05, 3.63) is 52.9 Å². The van der Waals surface area contributed by atoms with Crippen LogP contribution in [0.2, 0.25) is 0 Å². The maximum atomic E-state index is 12.5. The summed E-state index contributed by atoms with van der Waals surface area (Å²) in [5.74, 6) is 0.222. The fourth-order valence-corrected chi connectivity index (χ4v) is 6.54. The molecule has 0 bridgehead atoms. The number of fused-ring (bicyclic) bond motifs is 2. The van der Waals surface area contributed by atoms with E-state index in [4.69, 9.17) is 15.0 Å². The molecule has 42 heavy (non-hydrogen) atoms. The van der Waals surface area contributed by atoms with E-state index in [1.807, 2.05) is 12.3 Å². The van der Waals surface area contributed by atoms with Crippen molar-refractivity contribution in [2.75, 3.05) is 62.7 Å². The van der Waals surface area contributed by atoms with E-state index in [1.54, 1.807) is 4.90 Å². The van der Waals surface area contributed by atoms with Crippen molar-refractivity contribution in [2.45, 2.75) is 38.8 Å². The normalized spacial score (nSPS) is 19.2. The number of likely N-dealkylation sites (N-methyl/N-ethyl adjacent to an activating group) is 1. The standard InChI is InChI=1S/C31H35N9O2/c1-21-7-8-26-25(18-34-36-26)29(21)40-12-9-23-27(19-40)35-31(42-20-22-5-4-11-37(22)2)24(17-33)30(23)39-15-13-38(14-16-39)28(41)6-3-10-32/h3,6-8,18,22H,4-5,9,11-16,19-20H2,1-2H3,(H,34,36)/b6-3+/t22-/m0/s1. The highest BCUT2D eigenvalue weighted by Gasteiger charge is 2.32. The van der Waals surface area contributed by atoms with Gasteiger partial charge in [0.25, 0.3) is 0 Å². The Labute approximate surface area is 245 Å². The van der Waals surface area contributed by atoms with E-state index in [9.17, 15) is 10.1 Å². The van der Waals surface area contributed by atoms with E-state index >= 15 is 0 Å². The molecule has 6 rings (SSSR count). The Bertz CT molecular complexity index is 1610. The first-order chi connectivity index (χ1) is 20.5. The van der Waals surface area contributed by atoms with E-state index in [1.165, 1.54) is 17.7 Å². The van der Waals surface area contributed by atoms with Gasteiger partial charge in [-0.15, -0.1) is 0 Å². The van der Waals surface area contributed by atoms with Crippen LogP contribution in [0.1, 0.15) is 35.2 Å². The summed E-state index contributed by atoms with van der Waals surface area (Å²) in [6.07, 6.45) is 7.34. The summed E-state index contributed by atoms with van der Waals surface area (Å²) in [5, 5.41) is 27.7. The molecular formula is C31H35N9O2. The summed E-state index contributed by atoms with van der Waals surface area (Å²) in [6, 6.07) is 8.79. The molecule has 1 amide bonds. The van der Waals surface area contributed by atoms with Gasteiger partial charge in [-0.05, 0) is 51.4 Å². The number of hydrogen-bond acceptors (Lipinski definition) is 9. The highest BCUT2D eigenvalue weighted by molar-refractivity contribution is 5.93. The Kier molecular flexibility index (Phi) is 7.68. The molecule has 216 valence electrons. The van der Waals surface area contributed by atoms with Crippen LogP contribution in [0, 0.1) is 29.6 Å². The molecule has 3 aromatic rings. The second kappa shape index (κ2) is 11.7. The zero-order valence-corrected chi connectivity index (χ0v) is 24.1. The lowest BCUT2D eigenvalue weighted by atomic mass is 9.97. The minimum Gasteiger partial charge on any atom is -0.475 e. The van der Waals surface area contributed by atoms with Crippen molar-refractivity contribution >= 4 is 28.2 Å². The van der Waals surface area contributed by atoms with Gasteiger partial charge in [0, 0.05) is 61.9 Å². The van der Waals surface area contributed by atoms with Crippen molar-refractivity contribution in [2.24, 2.45) is 0 Å². The van der Waals surface area contributed by atoms with Gasteiger partial charge in [0.2, 0.25) is 11.8 Å². The Hall–Kier alpha value is -4.61. The van der Waals surface area contributed by atoms with E-state index in [0.717, 1.165) is 65.9 Å². The van der Waals surface area contributed by atoms with E-state index < -0.39 is 0 Å². The van der Waals surface area contributed by atoms with Gasteiger partial charge in [-0.25, -0.2) is 4.98 Å². The number of H-pyrrole nitrogens is 1. The molecule has 11 nitrogen and oxygen atoms in total. The summed E-state index contributed by atoms with van der Waals surface area (Å²) in [4.78, 5) is 26.1. The number of aryl methyl sites for hydroxylation is 1. The molecule has 0 spiro atoms. The number of nitrogens with one attached hydrogen (secondary N) is 1. The molecule has 0 unspecified atom stereocenters. The summed E-state index contributed by atoms with van der Waals surface area (Å²) >= 11 is 0. The van der Waals surface area contributed by atoms with Crippen molar-refractivity contribution in [1.29, 1.82) is 10.5 Å². The molecule has 1 aromatic carbocycles. The minimum absolute atomic E-state index is 0.169. The quantitative estimate of drug-likeness (QED) is 0.354. The molecule has 11 heteroatoms. The third-order valence-corrected chi connectivity index (χ3v) is 8.81. The molecule has 0 radical (unpaired) electrons. The van der Waals surface area contributed by atoms with Gasteiger partial charge < -0.3 is 24.3 Å². The lowest BCUT2D eigenvalue weighted by Crippen LogP contribution is -2.49. The molecule has 1 atom stereocenters. The predicted molar refractivity (Wildman–Crippen MR) is 159 cm³/mol. The molecule has 0 aliphatic carbocycles. The zero-order chi connectivity index (χ0) is 29.2. The van der Waals surface area contributed by atoms with Crippen LogP contribution in [0.15, 0.2) is 30.5 Å². The summed E-state index contributed by atoms with van der Waals surface area (Å²) < 4.78 is 6.37. The van der Waals surface area contributed by atoms with Gasteiger partial charge in [-0.3, -0.25) is 9.89 Å². The Morgan fingerprint density at radius 1 is 1.14 bits per heavy atom. The highest BCUT2D eigenvalue weighted by atomic mass is 16.5. The minimum atomic E-state index is -0.169. The van der Waals surface area contributed by atoms with Crippen molar-refractivity contribution < 1.29 is 9.53 Å².